The van der Waals surface area contributed by atoms with Crippen LogP contribution in [0.5, 0.6) is 0 Å². The highest BCUT2D eigenvalue weighted by molar-refractivity contribution is 5.94. The zero-order valence-electron chi connectivity index (χ0n) is 11.9. The molecule has 1 saturated heterocycles. The zero-order valence-corrected chi connectivity index (χ0v) is 11.9. The Morgan fingerprint density at radius 1 is 1.18 bits per heavy atom. The van der Waals surface area contributed by atoms with Gasteiger partial charge in [0.05, 0.1) is 18.0 Å². The first-order chi connectivity index (χ1) is 10.8. The Labute approximate surface area is 126 Å². The molecule has 8 heteroatoms. The van der Waals surface area contributed by atoms with E-state index in [1.165, 1.54) is 6.33 Å². The average molecular weight is 297 g/mol. The standard InChI is InChI=1S/C14H15N7O/c22-14(11-1-2-15-7-11)20-5-3-19(4-6-20)13-9-16-8-12-17-10-18-21(12)13/h1-2,7-10,15H,3-6H2. The van der Waals surface area contributed by atoms with Crippen molar-refractivity contribution < 1.29 is 4.79 Å². The highest BCUT2D eigenvalue weighted by Crippen LogP contribution is 2.16. The van der Waals surface area contributed by atoms with Gasteiger partial charge in [0.15, 0.2) is 11.5 Å². The van der Waals surface area contributed by atoms with E-state index in [1.54, 1.807) is 35.4 Å². The molecule has 0 aromatic carbocycles. The van der Waals surface area contributed by atoms with Gasteiger partial charge < -0.3 is 14.8 Å². The lowest BCUT2D eigenvalue weighted by Gasteiger charge is -2.35. The van der Waals surface area contributed by atoms with E-state index >= 15 is 0 Å². The molecule has 0 radical (unpaired) electrons. The average Bonchev–Trinajstić information content (AvgIpc) is 3.25. The number of anilines is 1. The van der Waals surface area contributed by atoms with Gasteiger partial charge >= 0.3 is 0 Å². The third-order valence-corrected chi connectivity index (χ3v) is 3.91. The number of nitrogens with one attached hydrogen (secondary N) is 1. The minimum Gasteiger partial charge on any atom is -0.367 e. The molecule has 112 valence electrons. The van der Waals surface area contributed by atoms with Gasteiger partial charge in [0.25, 0.3) is 5.91 Å². The Balaban J connectivity index is 1.50. The summed E-state index contributed by atoms with van der Waals surface area (Å²) < 4.78 is 1.77. The summed E-state index contributed by atoms with van der Waals surface area (Å²) in [7, 11) is 0. The van der Waals surface area contributed by atoms with Crippen LogP contribution >= 0.6 is 0 Å². The molecule has 0 atom stereocenters. The van der Waals surface area contributed by atoms with Crippen molar-refractivity contribution in [3.05, 3.63) is 42.7 Å². The van der Waals surface area contributed by atoms with Crippen LogP contribution in [0.2, 0.25) is 0 Å². The Hall–Kier alpha value is -2.90. The molecule has 1 aliphatic heterocycles. The van der Waals surface area contributed by atoms with E-state index in [-0.39, 0.29) is 5.91 Å². The largest absolute Gasteiger partial charge is 0.367 e. The van der Waals surface area contributed by atoms with E-state index in [4.69, 9.17) is 0 Å². The van der Waals surface area contributed by atoms with Crippen molar-refractivity contribution >= 4 is 17.4 Å². The summed E-state index contributed by atoms with van der Waals surface area (Å²) >= 11 is 0. The Morgan fingerprint density at radius 3 is 2.82 bits per heavy atom. The summed E-state index contributed by atoms with van der Waals surface area (Å²) in [6, 6.07) is 1.80. The summed E-state index contributed by atoms with van der Waals surface area (Å²) in [4.78, 5) is 27.6. The number of rotatable bonds is 2. The molecule has 1 aliphatic rings. The van der Waals surface area contributed by atoms with Crippen LogP contribution in [0.4, 0.5) is 5.82 Å². The summed E-state index contributed by atoms with van der Waals surface area (Å²) in [6.45, 7) is 2.85. The van der Waals surface area contributed by atoms with Gasteiger partial charge in [-0.3, -0.25) is 9.78 Å². The van der Waals surface area contributed by atoms with Gasteiger partial charge in [0.1, 0.15) is 6.33 Å². The number of hydrogen-bond donors (Lipinski definition) is 1. The van der Waals surface area contributed by atoms with Gasteiger partial charge in [-0.25, -0.2) is 4.98 Å². The van der Waals surface area contributed by atoms with Gasteiger partial charge in [-0.2, -0.15) is 9.61 Å². The quantitative estimate of drug-likeness (QED) is 0.741. The fourth-order valence-corrected chi connectivity index (χ4v) is 2.73. The molecule has 3 aromatic heterocycles. The number of carbonyl (C=O) groups is 1. The summed E-state index contributed by atoms with van der Waals surface area (Å²) in [5, 5.41) is 4.23. The van der Waals surface area contributed by atoms with Crippen molar-refractivity contribution in [3.63, 3.8) is 0 Å². The zero-order chi connectivity index (χ0) is 14.9. The molecule has 0 bridgehead atoms. The first-order valence-electron chi connectivity index (χ1n) is 7.14. The van der Waals surface area contributed by atoms with Crippen LogP contribution in [0.15, 0.2) is 37.2 Å². The van der Waals surface area contributed by atoms with Crippen LogP contribution < -0.4 is 4.90 Å². The third-order valence-electron chi connectivity index (χ3n) is 3.91. The molecule has 0 unspecified atom stereocenters. The lowest BCUT2D eigenvalue weighted by Crippen LogP contribution is -2.49. The van der Waals surface area contributed by atoms with E-state index < -0.39 is 0 Å². The van der Waals surface area contributed by atoms with Crippen molar-refractivity contribution in [2.24, 2.45) is 0 Å². The maximum Gasteiger partial charge on any atom is 0.255 e. The van der Waals surface area contributed by atoms with Crippen molar-refractivity contribution in [3.8, 4) is 0 Å². The van der Waals surface area contributed by atoms with Crippen LogP contribution in [-0.4, -0.2) is 61.6 Å². The fourth-order valence-electron chi connectivity index (χ4n) is 2.73. The van der Waals surface area contributed by atoms with Crippen LogP contribution in [0.25, 0.3) is 5.65 Å². The van der Waals surface area contributed by atoms with Gasteiger partial charge in [0, 0.05) is 38.6 Å². The van der Waals surface area contributed by atoms with Gasteiger partial charge in [-0.05, 0) is 6.07 Å². The number of aromatic nitrogens is 5. The number of amides is 1. The summed E-state index contributed by atoms with van der Waals surface area (Å²) in [5.74, 6) is 0.974. The Bertz CT molecular complexity index is 786. The number of carbonyl (C=O) groups excluding carboxylic acids is 1. The highest BCUT2D eigenvalue weighted by Gasteiger charge is 2.23. The maximum atomic E-state index is 12.3. The fraction of sp³-hybridized carbons (Fsp3) is 0.286. The van der Waals surface area contributed by atoms with Gasteiger partial charge in [-0.1, -0.05) is 0 Å². The van der Waals surface area contributed by atoms with E-state index in [1.807, 2.05) is 4.90 Å². The second-order valence-electron chi connectivity index (χ2n) is 5.17. The predicted molar refractivity (Wildman–Crippen MR) is 79.7 cm³/mol. The molecular formula is C14H15N7O. The van der Waals surface area contributed by atoms with E-state index in [9.17, 15) is 4.79 Å². The molecule has 0 aliphatic carbocycles. The SMILES string of the molecule is O=C(c1cc[nH]c1)N1CCN(c2cncc3ncnn23)CC1. The highest BCUT2D eigenvalue weighted by atomic mass is 16.2. The lowest BCUT2D eigenvalue weighted by molar-refractivity contribution is 0.0746. The monoisotopic (exact) mass is 297 g/mol. The molecule has 22 heavy (non-hydrogen) atoms. The number of hydrogen-bond acceptors (Lipinski definition) is 5. The Morgan fingerprint density at radius 2 is 2.05 bits per heavy atom. The molecule has 4 heterocycles. The van der Waals surface area contributed by atoms with Crippen molar-refractivity contribution in [2.45, 2.75) is 0 Å². The minimum absolute atomic E-state index is 0.0676. The van der Waals surface area contributed by atoms with Crippen molar-refractivity contribution in [1.82, 2.24) is 29.5 Å². The Kier molecular flexibility index (Phi) is 2.99. The second-order valence-corrected chi connectivity index (χ2v) is 5.17. The van der Waals surface area contributed by atoms with Crippen LogP contribution in [0.1, 0.15) is 10.4 Å². The minimum atomic E-state index is 0.0676. The predicted octanol–water partition coefficient (Wildman–Crippen LogP) is 0.415. The molecule has 1 fully saturated rings. The molecule has 3 aromatic rings. The van der Waals surface area contributed by atoms with Crippen molar-refractivity contribution in [1.29, 1.82) is 0 Å². The van der Waals surface area contributed by atoms with Gasteiger partial charge in [0.2, 0.25) is 0 Å². The molecule has 4 rings (SSSR count). The van der Waals surface area contributed by atoms with E-state index in [0.29, 0.717) is 18.7 Å². The number of nitrogens with zero attached hydrogens (tertiary/aromatic N) is 6. The normalized spacial score (nSPS) is 15.5. The maximum absolute atomic E-state index is 12.3. The van der Waals surface area contributed by atoms with Gasteiger partial charge in [-0.15, -0.1) is 0 Å². The van der Waals surface area contributed by atoms with Crippen LogP contribution in [-0.2, 0) is 0 Å². The van der Waals surface area contributed by atoms with Crippen molar-refractivity contribution in [2.75, 3.05) is 31.1 Å². The first-order valence-corrected chi connectivity index (χ1v) is 7.14. The molecule has 0 saturated carbocycles. The first kappa shape index (κ1) is 12.8. The van der Waals surface area contributed by atoms with E-state index in [0.717, 1.165) is 24.6 Å². The number of H-pyrrole nitrogens is 1. The third kappa shape index (κ3) is 2.09. The number of aromatic amines is 1. The van der Waals surface area contributed by atoms with E-state index in [2.05, 4.69) is 25.0 Å². The van der Waals surface area contributed by atoms with Crippen LogP contribution in [0.3, 0.4) is 0 Å². The molecule has 1 N–H and O–H groups in total. The molecule has 1 amide bonds. The molecule has 0 spiro atoms. The smallest absolute Gasteiger partial charge is 0.255 e. The lowest BCUT2D eigenvalue weighted by atomic mass is 10.2. The topological polar surface area (TPSA) is 82.4 Å². The summed E-state index contributed by atoms with van der Waals surface area (Å²) in [5.41, 5.74) is 1.43. The number of fused-ring (bicyclic) bond motifs is 1. The number of piperazine rings is 1. The second kappa shape index (κ2) is 5.14. The molecule has 8 nitrogen and oxygen atoms in total. The van der Waals surface area contributed by atoms with Crippen LogP contribution in [0, 0.1) is 0 Å². The summed E-state index contributed by atoms with van der Waals surface area (Å²) in [6.07, 6.45) is 8.48. The molecular weight excluding hydrogens is 282 g/mol.